The summed E-state index contributed by atoms with van der Waals surface area (Å²) in [5.74, 6) is -1.72. The number of carbonyl (C=O) groups is 2. The van der Waals surface area contributed by atoms with Crippen LogP contribution in [0.5, 0.6) is 0 Å². The Morgan fingerprint density at radius 3 is 2.50 bits per heavy atom. The van der Waals surface area contributed by atoms with Gasteiger partial charge in [0.1, 0.15) is 11.7 Å². The van der Waals surface area contributed by atoms with Crippen LogP contribution in [0.1, 0.15) is 38.9 Å². The Morgan fingerprint density at radius 2 is 2.12 bits per heavy atom. The molecule has 88 valence electrons. The number of Topliss-reactive ketones (excluding diaryl/α,β-unsaturated/α-hetero) is 2. The van der Waals surface area contributed by atoms with Gasteiger partial charge in [-0.05, 0) is 26.0 Å². The number of hydrogen-bond acceptors (Lipinski definition) is 4. The number of furan rings is 1. The number of ketones is 2. The summed E-state index contributed by atoms with van der Waals surface area (Å²) in [6, 6.07) is 3.21. The van der Waals surface area contributed by atoms with Gasteiger partial charge >= 0.3 is 0 Å². The van der Waals surface area contributed by atoms with Gasteiger partial charge < -0.3 is 9.52 Å². The second-order valence-corrected chi connectivity index (χ2v) is 4.24. The lowest BCUT2D eigenvalue weighted by molar-refractivity contribution is -0.140. The highest BCUT2D eigenvalue weighted by atomic mass is 16.3. The van der Waals surface area contributed by atoms with Gasteiger partial charge in [-0.3, -0.25) is 9.59 Å². The van der Waals surface area contributed by atoms with E-state index < -0.39 is 23.1 Å². The smallest absolute Gasteiger partial charge is 0.211 e. The second-order valence-electron chi connectivity index (χ2n) is 4.24. The van der Waals surface area contributed by atoms with E-state index in [1.54, 1.807) is 19.1 Å². The molecule has 1 unspecified atom stereocenters. The van der Waals surface area contributed by atoms with Crippen molar-refractivity contribution in [3.8, 4) is 0 Å². The Hall–Kier alpha value is -1.42. The van der Waals surface area contributed by atoms with E-state index in [4.69, 9.17) is 4.42 Å². The van der Waals surface area contributed by atoms with Gasteiger partial charge in [-0.2, -0.15) is 0 Å². The zero-order valence-corrected chi connectivity index (χ0v) is 9.69. The molecule has 0 saturated heterocycles. The molecule has 0 radical (unpaired) electrons. The zero-order valence-electron chi connectivity index (χ0n) is 9.69. The van der Waals surface area contributed by atoms with Crippen LogP contribution in [0.3, 0.4) is 0 Å². The first-order valence-electron chi connectivity index (χ1n) is 5.20. The second kappa shape index (κ2) is 4.61. The van der Waals surface area contributed by atoms with Gasteiger partial charge in [0.05, 0.1) is 11.9 Å². The molecule has 16 heavy (non-hydrogen) atoms. The molecule has 0 amide bonds. The molecule has 1 N–H and O–H groups in total. The van der Waals surface area contributed by atoms with Crippen molar-refractivity contribution in [3.05, 3.63) is 24.2 Å². The standard InChI is InChI=1S/C12H16O4/c1-4-8(13)11(14)10(12(2,3)15)9-6-5-7-16-9/h5-7,10,15H,4H2,1-3H3. The maximum absolute atomic E-state index is 11.8. The van der Waals surface area contributed by atoms with Crippen molar-refractivity contribution in [2.45, 2.75) is 38.7 Å². The van der Waals surface area contributed by atoms with E-state index in [-0.39, 0.29) is 6.42 Å². The third-order valence-corrected chi connectivity index (χ3v) is 2.39. The molecule has 1 heterocycles. The summed E-state index contributed by atoms with van der Waals surface area (Å²) in [6.45, 7) is 4.59. The Kier molecular flexibility index (Phi) is 3.65. The molecule has 0 saturated carbocycles. The van der Waals surface area contributed by atoms with Gasteiger partial charge in [0.15, 0.2) is 5.78 Å². The van der Waals surface area contributed by atoms with E-state index in [0.29, 0.717) is 5.76 Å². The van der Waals surface area contributed by atoms with E-state index in [0.717, 1.165) is 0 Å². The van der Waals surface area contributed by atoms with Crippen LogP contribution in [0.15, 0.2) is 22.8 Å². The zero-order chi connectivity index (χ0) is 12.3. The summed E-state index contributed by atoms with van der Waals surface area (Å²) in [6.07, 6.45) is 1.55. The fraction of sp³-hybridized carbons (Fsp3) is 0.500. The average Bonchev–Trinajstić information content (AvgIpc) is 2.67. The Labute approximate surface area is 94.3 Å². The number of carbonyl (C=O) groups excluding carboxylic acids is 2. The lowest BCUT2D eigenvalue weighted by atomic mass is 9.83. The predicted molar refractivity (Wildman–Crippen MR) is 58.1 cm³/mol. The van der Waals surface area contributed by atoms with Gasteiger partial charge in [0, 0.05) is 6.42 Å². The van der Waals surface area contributed by atoms with Gasteiger partial charge in [-0.25, -0.2) is 0 Å². The van der Waals surface area contributed by atoms with Crippen LogP contribution in [0.2, 0.25) is 0 Å². The first-order chi connectivity index (χ1) is 7.38. The number of hydrogen-bond donors (Lipinski definition) is 1. The lowest BCUT2D eigenvalue weighted by Gasteiger charge is -2.25. The van der Waals surface area contributed by atoms with Crippen molar-refractivity contribution in [3.63, 3.8) is 0 Å². The summed E-state index contributed by atoms with van der Waals surface area (Å²) in [5, 5.41) is 9.93. The molecular weight excluding hydrogens is 208 g/mol. The van der Waals surface area contributed by atoms with Crippen LogP contribution in [0.4, 0.5) is 0 Å². The van der Waals surface area contributed by atoms with Gasteiger partial charge in [0.25, 0.3) is 0 Å². The monoisotopic (exact) mass is 224 g/mol. The molecule has 1 aromatic heterocycles. The fourth-order valence-corrected chi connectivity index (χ4v) is 1.59. The Bertz CT molecular complexity index is 370. The molecule has 1 aromatic rings. The molecule has 1 atom stereocenters. The molecule has 0 aliphatic rings. The van der Waals surface area contributed by atoms with E-state index in [9.17, 15) is 14.7 Å². The maximum atomic E-state index is 11.8. The van der Waals surface area contributed by atoms with Crippen LogP contribution in [0, 0.1) is 0 Å². The van der Waals surface area contributed by atoms with Crippen LogP contribution in [-0.4, -0.2) is 22.3 Å². The topological polar surface area (TPSA) is 67.5 Å². The van der Waals surface area contributed by atoms with Crippen LogP contribution < -0.4 is 0 Å². The van der Waals surface area contributed by atoms with Crippen molar-refractivity contribution in [1.82, 2.24) is 0 Å². The highest BCUT2D eigenvalue weighted by molar-refractivity contribution is 6.39. The van der Waals surface area contributed by atoms with Crippen molar-refractivity contribution in [2.75, 3.05) is 0 Å². The molecule has 0 bridgehead atoms. The first kappa shape index (κ1) is 12.6. The van der Waals surface area contributed by atoms with Gasteiger partial charge in [0.2, 0.25) is 5.78 Å². The summed E-state index contributed by atoms with van der Waals surface area (Å²) in [7, 11) is 0. The Morgan fingerprint density at radius 1 is 1.50 bits per heavy atom. The highest BCUT2D eigenvalue weighted by Gasteiger charge is 2.39. The van der Waals surface area contributed by atoms with Crippen molar-refractivity contribution >= 4 is 11.6 Å². The SMILES string of the molecule is CCC(=O)C(=O)C(c1ccco1)C(C)(C)O. The van der Waals surface area contributed by atoms with Gasteiger partial charge in [-0.1, -0.05) is 6.92 Å². The normalized spacial score (nSPS) is 13.5. The third-order valence-electron chi connectivity index (χ3n) is 2.39. The number of rotatable bonds is 5. The van der Waals surface area contributed by atoms with Crippen molar-refractivity contribution < 1.29 is 19.1 Å². The van der Waals surface area contributed by atoms with E-state index in [1.807, 2.05) is 0 Å². The molecule has 4 nitrogen and oxygen atoms in total. The van der Waals surface area contributed by atoms with Crippen molar-refractivity contribution in [2.24, 2.45) is 0 Å². The fourth-order valence-electron chi connectivity index (χ4n) is 1.59. The van der Waals surface area contributed by atoms with Crippen LogP contribution >= 0.6 is 0 Å². The van der Waals surface area contributed by atoms with Crippen LogP contribution in [-0.2, 0) is 9.59 Å². The van der Waals surface area contributed by atoms with Crippen molar-refractivity contribution in [1.29, 1.82) is 0 Å². The van der Waals surface area contributed by atoms with Crippen LogP contribution in [0.25, 0.3) is 0 Å². The third kappa shape index (κ3) is 2.58. The molecule has 4 heteroatoms. The molecule has 0 aliphatic heterocycles. The maximum Gasteiger partial charge on any atom is 0.211 e. The van der Waals surface area contributed by atoms with E-state index in [1.165, 1.54) is 20.1 Å². The molecule has 0 fully saturated rings. The summed E-state index contributed by atoms with van der Waals surface area (Å²) in [4.78, 5) is 23.2. The largest absolute Gasteiger partial charge is 0.468 e. The summed E-state index contributed by atoms with van der Waals surface area (Å²) < 4.78 is 5.10. The molecule has 1 rings (SSSR count). The minimum absolute atomic E-state index is 0.131. The van der Waals surface area contributed by atoms with Gasteiger partial charge in [-0.15, -0.1) is 0 Å². The molecular formula is C12H16O4. The predicted octanol–water partition coefficient (Wildman–Crippen LogP) is 1.68. The minimum Gasteiger partial charge on any atom is -0.468 e. The quantitative estimate of drug-likeness (QED) is 0.773. The summed E-state index contributed by atoms with van der Waals surface area (Å²) >= 11 is 0. The number of aliphatic hydroxyl groups is 1. The molecule has 0 spiro atoms. The first-order valence-corrected chi connectivity index (χ1v) is 5.20. The summed E-state index contributed by atoms with van der Waals surface area (Å²) in [5.41, 5.74) is -1.32. The molecule has 0 aliphatic carbocycles. The minimum atomic E-state index is -1.32. The Balaban J connectivity index is 3.08. The van der Waals surface area contributed by atoms with E-state index in [2.05, 4.69) is 0 Å². The average molecular weight is 224 g/mol. The van der Waals surface area contributed by atoms with E-state index >= 15 is 0 Å². The highest BCUT2D eigenvalue weighted by Crippen LogP contribution is 2.29. The molecule has 0 aromatic carbocycles. The lowest BCUT2D eigenvalue weighted by Crippen LogP contribution is -2.37.